The lowest BCUT2D eigenvalue weighted by Gasteiger charge is -2.40. The number of rotatable bonds is 14. The minimum Gasteiger partial charge on any atom is -0.550 e. The number of aliphatic hydroxyl groups is 1. The van der Waals surface area contributed by atoms with Crippen LogP contribution in [0.4, 0.5) is 0 Å². The highest BCUT2D eigenvalue weighted by atomic mass is 35.5. The summed E-state index contributed by atoms with van der Waals surface area (Å²) in [7, 11) is 0. The molecule has 0 spiro atoms. The van der Waals surface area contributed by atoms with Gasteiger partial charge in [0, 0.05) is 5.97 Å². The van der Waals surface area contributed by atoms with E-state index < -0.39 is 5.97 Å². The highest BCUT2D eigenvalue weighted by Gasteiger charge is 2.27. The van der Waals surface area contributed by atoms with E-state index in [2.05, 4.69) is 20.8 Å². The van der Waals surface area contributed by atoms with Crippen LogP contribution in [0.3, 0.4) is 0 Å². The number of hydrogen-bond donors (Lipinski definition) is 1. The Bertz CT molecular complexity index is 256. The maximum absolute atomic E-state index is 9.94. The van der Waals surface area contributed by atoms with Crippen LogP contribution >= 0.6 is 12.4 Å². The Balaban J connectivity index is -0.000000867. The monoisotopic (exact) mass is 381 g/mol. The molecule has 0 aromatic rings. The van der Waals surface area contributed by atoms with Gasteiger partial charge in [0.05, 0.1) is 19.6 Å². The zero-order valence-corrected chi connectivity index (χ0v) is 18.2. The first kappa shape index (κ1) is 29.4. The largest absolute Gasteiger partial charge is 0.550 e. The normalized spacial score (nSPS) is 11.9. The number of aliphatic hydroxyl groups excluding tert-OH is 1. The number of halogens is 1. The van der Waals surface area contributed by atoms with Gasteiger partial charge in [0.15, 0.2) is 0 Å². The Hall–Kier alpha value is -0.320. The van der Waals surface area contributed by atoms with E-state index in [1.165, 1.54) is 77.4 Å². The van der Waals surface area contributed by atoms with Crippen molar-refractivity contribution < 1.29 is 19.5 Å². The van der Waals surface area contributed by atoms with Crippen LogP contribution in [0.25, 0.3) is 0 Å². The van der Waals surface area contributed by atoms with Crippen LogP contribution in [0.1, 0.15) is 92.4 Å². The third-order valence-corrected chi connectivity index (χ3v) is 4.36. The molecule has 1 atom stereocenters. The van der Waals surface area contributed by atoms with Gasteiger partial charge in [-0.1, -0.05) is 40.0 Å². The first-order valence-corrected chi connectivity index (χ1v) is 10.0. The maximum atomic E-state index is 9.94. The molecule has 154 valence electrons. The van der Waals surface area contributed by atoms with Crippen LogP contribution in [-0.2, 0) is 4.79 Å². The van der Waals surface area contributed by atoms with E-state index in [9.17, 15) is 5.11 Å². The van der Waals surface area contributed by atoms with Crippen molar-refractivity contribution >= 4 is 18.4 Å². The van der Waals surface area contributed by atoms with Crippen LogP contribution in [-0.4, -0.2) is 47.8 Å². The molecule has 1 N–H and O–H groups in total. The number of aliphatic carboxylic acids is 1. The van der Waals surface area contributed by atoms with E-state index in [4.69, 9.17) is 9.90 Å². The number of unbranched alkanes of at least 4 members (excludes halogenated alkanes) is 6. The standard InChI is InChI=1S/C18H40NO.C2H4O2.ClH/c1-5-8-11-14-19(17-18(4)20,15-12-9-6-2)16-13-10-7-3;1-2(3)4;/h18,20H,5-17H2,1-4H3;1H3,(H,3,4);1H/q+1;;/p-1. The molecule has 0 aliphatic heterocycles. The summed E-state index contributed by atoms with van der Waals surface area (Å²) in [5.74, 6) is -1.08. The van der Waals surface area contributed by atoms with Crippen LogP contribution in [0.2, 0.25) is 0 Å². The molecule has 1 unspecified atom stereocenters. The summed E-state index contributed by atoms with van der Waals surface area (Å²) in [5.41, 5.74) is 0. The summed E-state index contributed by atoms with van der Waals surface area (Å²) in [6.07, 6.45) is 11.7. The second-order valence-corrected chi connectivity index (χ2v) is 7.16. The Morgan fingerprint density at radius 3 is 1.36 bits per heavy atom. The van der Waals surface area contributed by atoms with Crippen molar-refractivity contribution in [2.45, 2.75) is 98.5 Å². The predicted molar refractivity (Wildman–Crippen MR) is 108 cm³/mol. The Kier molecular flexibility index (Phi) is 23.6. The van der Waals surface area contributed by atoms with Crippen LogP contribution < -0.4 is 5.11 Å². The predicted octanol–water partition coefficient (Wildman–Crippen LogP) is 3.93. The van der Waals surface area contributed by atoms with E-state index in [1.807, 2.05) is 6.92 Å². The molecule has 0 rings (SSSR count). The van der Waals surface area contributed by atoms with Gasteiger partial charge in [-0.25, -0.2) is 0 Å². The lowest BCUT2D eigenvalue weighted by Crippen LogP contribution is -2.53. The minimum absolute atomic E-state index is 0. The summed E-state index contributed by atoms with van der Waals surface area (Å²) in [4.78, 5) is 8.89. The first-order chi connectivity index (χ1) is 11.3. The van der Waals surface area contributed by atoms with Gasteiger partial charge >= 0.3 is 0 Å². The van der Waals surface area contributed by atoms with Gasteiger partial charge in [-0.15, -0.1) is 12.4 Å². The third-order valence-electron chi connectivity index (χ3n) is 4.36. The zero-order chi connectivity index (χ0) is 18.8. The smallest absolute Gasteiger partial charge is 0.105 e. The molecule has 0 amide bonds. The van der Waals surface area contributed by atoms with Gasteiger partial charge in [-0.3, -0.25) is 0 Å². The topological polar surface area (TPSA) is 60.4 Å². The molecule has 0 aliphatic rings. The lowest BCUT2D eigenvalue weighted by atomic mass is 10.1. The third kappa shape index (κ3) is 21.6. The van der Waals surface area contributed by atoms with Crippen molar-refractivity contribution in [2.75, 3.05) is 26.2 Å². The SMILES string of the molecule is CC(=O)[O-].CCCCC[N+](CCCCC)(CCCCC)CC(C)O.Cl. The summed E-state index contributed by atoms with van der Waals surface area (Å²) < 4.78 is 1.16. The summed E-state index contributed by atoms with van der Waals surface area (Å²) in [6.45, 7) is 14.5. The van der Waals surface area contributed by atoms with Crippen LogP contribution in [0.15, 0.2) is 0 Å². The molecule has 25 heavy (non-hydrogen) atoms. The Morgan fingerprint density at radius 1 is 0.880 bits per heavy atom. The van der Waals surface area contributed by atoms with Crippen molar-refractivity contribution in [3.05, 3.63) is 0 Å². The van der Waals surface area contributed by atoms with Gasteiger partial charge in [-0.05, 0) is 52.4 Å². The molecule has 0 aromatic heterocycles. The van der Waals surface area contributed by atoms with E-state index in [1.54, 1.807) is 0 Å². The summed E-state index contributed by atoms with van der Waals surface area (Å²) >= 11 is 0. The van der Waals surface area contributed by atoms with Gasteiger partial charge in [0.2, 0.25) is 0 Å². The molecular weight excluding hydrogens is 338 g/mol. The number of carboxylic acid groups (broad SMARTS) is 1. The maximum Gasteiger partial charge on any atom is 0.105 e. The molecule has 0 aromatic carbocycles. The molecule has 5 heteroatoms. The molecule has 0 radical (unpaired) electrons. The van der Waals surface area contributed by atoms with Gasteiger partial charge in [0.1, 0.15) is 12.6 Å². The van der Waals surface area contributed by atoms with Crippen molar-refractivity contribution in [1.29, 1.82) is 0 Å². The Morgan fingerprint density at radius 2 is 1.16 bits per heavy atom. The van der Waals surface area contributed by atoms with Gasteiger partial charge in [-0.2, -0.15) is 0 Å². The van der Waals surface area contributed by atoms with E-state index in [0.717, 1.165) is 18.0 Å². The number of carbonyl (C=O) groups excluding carboxylic acids is 1. The highest BCUT2D eigenvalue weighted by Crippen LogP contribution is 2.17. The fourth-order valence-electron chi connectivity index (χ4n) is 3.26. The second-order valence-electron chi connectivity index (χ2n) is 7.16. The summed E-state index contributed by atoms with van der Waals surface area (Å²) in [6, 6.07) is 0. The van der Waals surface area contributed by atoms with Crippen molar-refractivity contribution in [2.24, 2.45) is 0 Å². The zero-order valence-electron chi connectivity index (χ0n) is 17.4. The number of carboxylic acids is 1. The number of hydrogen-bond acceptors (Lipinski definition) is 3. The van der Waals surface area contributed by atoms with Crippen LogP contribution in [0.5, 0.6) is 0 Å². The van der Waals surface area contributed by atoms with Crippen LogP contribution in [0, 0.1) is 0 Å². The van der Waals surface area contributed by atoms with E-state index in [-0.39, 0.29) is 18.5 Å². The molecule has 0 saturated heterocycles. The summed E-state index contributed by atoms with van der Waals surface area (Å²) in [5, 5.41) is 18.8. The average molecular weight is 382 g/mol. The van der Waals surface area contributed by atoms with Crippen molar-refractivity contribution in [3.8, 4) is 0 Å². The molecule has 0 fully saturated rings. The van der Waals surface area contributed by atoms with E-state index in [0.29, 0.717) is 0 Å². The average Bonchev–Trinajstić information content (AvgIpc) is 2.47. The molecule has 0 aliphatic carbocycles. The number of quaternary nitrogens is 1. The number of nitrogens with zero attached hydrogens (tertiary/aromatic N) is 1. The van der Waals surface area contributed by atoms with Crippen molar-refractivity contribution in [1.82, 2.24) is 0 Å². The molecule has 0 bridgehead atoms. The Labute approximate surface area is 163 Å². The minimum atomic E-state index is -1.08. The van der Waals surface area contributed by atoms with Crippen molar-refractivity contribution in [3.63, 3.8) is 0 Å². The molecule has 0 heterocycles. The van der Waals surface area contributed by atoms with E-state index >= 15 is 0 Å². The molecule has 0 saturated carbocycles. The lowest BCUT2D eigenvalue weighted by molar-refractivity contribution is -0.931. The molecular formula is C20H44ClNO3. The quantitative estimate of drug-likeness (QED) is 0.366. The molecule has 4 nitrogen and oxygen atoms in total. The fourth-order valence-corrected chi connectivity index (χ4v) is 3.26. The van der Waals surface area contributed by atoms with Gasteiger partial charge < -0.3 is 19.5 Å². The second kappa shape index (κ2) is 20.0. The van der Waals surface area contributed by atoms with Gasteiger partial charge in [0.25, 0.3) is 0 Å². The first-order valence-electron chi connectivity index (χ1n) is 10.0. The number of carbonyl (C=O) groups is 1. The fraction of sp³-hybridized carbons (Fsp3) is 0.950. The highest BCUT2D eigenvalue weighted by molar-refractivity contribution is 5.85.